The zero-order chi connectivity index (χ0) is 25.8. The molecule has 0 saturated heterocycles. The molecule has 2 heterocycles. The molecule has 2 amide bonds. The Balaban J connectivity index is 1.42. The number of urea groups is 1. The first kappa shape index (κ1) is 24.4. The molecule has 4 aromatic rings. The van der Waals surface area contributed by atoms with Crippen LogP contribution in [0.1, 0.15) is 51.1 Å². The molecule has 37 heavy (non-hydrogen) atoms. The van der Waals surface area contributed by atoms with Gasteiger partial charge in [-0.1, -0.05) is 12.1 Å². The maximum atomic E-state index is 12.1. The number of nitrogens with zero attached hydrogens (tertiary/aromatic N) is 5. The van der Waals surface area contributed by atoms with Gasteiger partial charge >= 0.3 is 6.03 Å². The van der Waals surface area contributed by atoms with Crippen molar-refractivity contribution in [3.8, 4) is 23.1 Å². The van der Waals surface area contributed by atoms with E-state index >= 15 is 0 Å². The summed E-state index contributed by atoms with van der Waals surface area (Å²) in [7, 11) is 0. The van der Waals surface area contributed by atoms with E-state index in [-0.39, 0.29) is 12.1 Å². The second-order valence-corrected chi connectivity index (χ2v) is 9.66. The van der Waals surface area contributed by atoms with Crippen LogP contribution in [0.5, 0.6) is 5.75 Å². The number of hydrogen-bond donors (Lipinski definition) is 2. The van der Waals surface area contributed by atoms with E-state index in [1.807, 2.05) is 50.2 Å². The van der Waals surface area contributed by atoms with Crippen molar-refractivity contribution in [2.75, 3.05) is 11.9 Å². The Hall–Kier alpha value is -4.32. The van der Waals surface area contributed by atoms with Crippen molar-refractivity contribution in [3.05, 3.63) is 60.7 Å². The van der Waals surface area contributed by atoms with Gasteiger partial charge in [-0.25, -0.2) is 9.78 Å². The quantitative estimate of drug-likeness (QED) is 0.297. The van der Waals surface area contributed by atoms with Crippen LogP contribution in [0, 0.1) is 11.3 Å². The number of aromatic nitrogens is 4. The molecule has 2 N–H and O–H groups in total. The first-order valence-electron chi connectivity index (χ1n) is 12.7. The number of ether oxygens (including phenoxy) is 1. The van der Waals surface area contributed by atoms with Crippen LogP contribution in [-0.4, -0.2) is 38.0 Å². The van der Waals surface area contributed by atoms with Gasteiger partial charge in [0.05, 0.1) is 23.4 Å². The lowest BCUT2D eigenvalue weighted by molar-refractivity contribution is 0.250. The summed E-state index contributed by atoms with van der Waals surface area (Å²) in [6.45, 7) is 5.11. The summed E-state index contributed by atoms with van der Waals surface area (Å²) >= 11 is 0. The normalized spacial score (nSPS) is 13.4. The van der Waals surface area contributed by atoms with Crippen molar-refractivity contribution >= 4 is 22.6 Å². The summed E-state index contributed by atoms with van der Waals surface area (Å²) in [5, 5.41) is 20.9. The van der Waals surface area contributed by atoms with Gasteiger partial charge < -0.3 is 19.9 Å². The van der Waals surface area contributed by atoms with Crippen LogP contribution in [0.3, 0.4) is 0 Å². The largest absolute Gasteiger partial charge is 0.494 e. The van der Waals surface area contributed by atoms with Gasteiger partial charge in [0.1, 0.15) is 24.5 Å². The van der Waals surface area contributed by atoms with E-state index in [1.54, 1.807) is 11.0 Å². The van der Waals surface area contributed by atoms with Gasteiger partial charge in [0, 0.05) is 36.1 Å². The Morgan fingerprint density at radius 2 is 2.03 bits per heavy atom. The van der Waals surface area contributed by atoms with Crippen LogP contribution in [0.4, 0.5) is 10.5 Å². The molecule has 0 spiro atoms. The van der Waals surface area contributed by atoms with Crippen LogP contribution in [0.15, 0.2) is 55.1 Å². The van der Waals surface area contributed by atoms with Crippen molar-refractivity contribution in [3.63, 3.8) is 0 Å². The third kappa shape index (κ3) is 5.28. The molecule has 1 aliphatic rings. The highest BCUT2D eigenvalue weighted by atomic mass is 16.5. The van der Waals surface area contributed by atoms with Crippen LogP contribution < -0.4 is 15.4 Å². The second-order valence-electron chi connectivity index (χ2n) is 9.66. The first-order valence-corrected chi connectivity index (χ1v) is 12.7. The number of carbonyl (C=O) groups excluding carboxylic acids is 1. The fourth-order valence-corrected chi connectivity index (χ4v) is 4.71. The number of rotatable bonds is 9. The van der Waals surface area contributed by atoms with Gasteiger partial charge in [0.25, 0.3) is 0 Å². The topological polar surface area (TPSA) is 110 Å². The van der Waals surface area contributed by atoms with Gasteiger partial charge in [0.2, 0.25) is 0 Å². The van der Waals surface area contributed by atoms with E-state index in [4.69, 9.17) is 4.74 Å². The van der Waals surface area contributed by atoms with E-state index in [0.29, 0.717) is 23.9 Å². The number of nitrogens with one attached hydrogen (secondary N) is 2. The van der Waals surface area contributed by atoms with E-state index in [0.717, 1.165) is 53.7 Å². The predicted octanol–water partition coefficient (Wildman–Crippen LogP) is 5.50. The van der Waals surface area contributed by atoms with Crippen molar-refractivity contribution in [2.45, 2.75) is 58.2 Å². The first-order chi connectivity index (χ1) is 18.0. The summed E-state index contributed by atoms with van der Waals surface area (Å²) in [6, 6.07) is 16.4. The minimum absolute atomic E-state index is 0.0539. The second kappa shape index (κ2) is 10.7. The third-order valence-electron chi connectivity index (χ3n) is 6.63. The highest BCUT2D eigenvalue weighted by Crippen LogP contribution is 2.43. The lowest BCUT2D eigenvalue weighted by Crippen LogP contribution is -2.34. The molecule has 1 aliphatic carbocycles. The molecule has 5 rings (SSSR count). The van der Waals surface area contributed by atoms with Crippen molar-refractivity contribution in [2.24, 2.45) is 0 Å². The molecule has 2 aromatic heterocycles. The molecule has 0 unspecified atom stereocenters. The molecule has 1 fully saturated rings. The summed E-state index contributed by atoms with van der Waals surface area (Å²) in [5.41, 5.74) is 4.26. The Kier molecular flexibility index (Phi) is 7.08. The van der Waals surface area contributed by atoms with Crippen LogP contribution in [0.25, 0.3) is 22.2 Å². The minimum Gasteiger partial charge on any atom is -0.494 e. The summed E-state index contributed by atoms with van der Waals surface area (Å²) in [4.78, 5) is 16.0. The number of fused-ring (bicyclic) bond motifs is 1. The van der Waals surface area contributed by atoms with Gasteiger partial charge in [-0.2, -0.15) is 10.4 Å². The fraction of sp³-hybridized carbons (Fsp3) is 0.357. The Morgan fingerprint density at radius 3 is 2.68 bits per heavy atom. The molecule has 0 radical (unpaired) electrons. The summed E-state index contributed by atoms with van der Waals surface area (Å²) in [5.74, 6) is 0.746. The molecule has 9 heteroatoms. The number of hydrogen-bond acceptors (Lipinski definition) is 5. The summed E-state index contributed by atoms with van der Waals surface area (Å²) in [6.07, 6.45) is 7.40. The molecular formula is C28H31N7O2. The Morgan fingerprint density at radius 1 is 1.22 bits per heavy atom. The maximum Gasteiger partial charge on any atom is 0.319 e. The number of nitriles is 1. The standard InChI is InChI=1S/C28H31N7O2/c1-19(2)32-28(36)33-21-9-7-20(8-10-21)27-25(16-29)24-15-23(37-14-4-13-34-18-30-17-31-34)11-12-26(24)35(27)22-5-3-6-22/h7-12,15,17-19,22H,3-6,13-14H2,1-2H3,(H2,32,33,36). The summed E-state index contributed by atoms with van der Waals surface area (Å²) < 4.78 is 10.1. The average Bonchev–Trinajstić information content (AvgIpc) is 3.47. The monoisotopic (exact) mass is 497 g/mol. The Labute approximate surface area is 216 Å². The van der Waals surface area contributed by atoms with Crippen LogP contribution in [0.2, 0.25) is 0 Å². The molecular weight excluding hydrogens is 466 g/mol. The van der Waals surface area contributed by atoms with Gasteiger partial charge in [-0.15, -0.1) is 0 Å². The number of aryl methyl sites for hydroxylation is 1. The third-order valence-corrected chi connectivity index (χ3v) is 6.63. The van der Waals surface area contributed by atoms with Crippen molar-refractivity contribution in [1.82, 2.24) is 24.6 Å². The lowest BCUT2D eigenvalue weighted by atomic mass is 9.92. The van der Waals surface area contributed by atoms with Gasteiger partial charge in [-0.3, -0.25) is 4.68 Å². The highest BCUT2D eigenvalue weighted by Gasteiger charge is 2.28. The van der Waals surface area contributed by atoms with Crippen molar-refractivity contribution in [1.29, 1.82) is 5.26 Å². The van der Waals surface area contributed by atoms with Crippen LogP contribution >= 0.6 is 0 Å². The molecule has 0 aliphatic heterocycles. The molecule has 0 atom stereocenters. The average molecular weight is 498 g/mol. The number of amides is 2. The molecule has 190 valence electrons. The predicted molar refractivity (Wildman–Crippen MR) is 142 cm³/mol. The SMILES string of the molecule is CC(C)NC(=O)Nc1ccc(-c2c(C#N)c3cc(OCCCn4cncn4)ccc3n2C2CCC2)cc1. The highest BCUT2D eigenvalue weighted by molar-refractivity contribution is 5.96. The number of benzene rings is 2. The lowest BCUT2D eigenvalue weighted by Gasteiger charge is -2.30. The Bertz CT molecular complexity index is 1410. The molecule has 2 aromatic carbocycles. The van der Waals surface area contributed by atoms with E-state index in [1.165, 1.54) is 12.7 Å². The van der Waals surface area contributed by atoms with E-state index < -0.39 is 0 Å². The maximum absolute atomic E-state index is 12.1. The number of anilines is 1. The van der Waals surface area contributed by atoms with Gasteiger partial charge in [0.15, 0.2) is 0 Å². The van der Waals surface area contributed by atoms with E-state index in [2.05, 4.69) is 37.4 Å². The molecule has 9 nitrogen and oxygen atoms in total. The van der Waals surface area contributed by atoms with E-state index in [9.17, 15) is 10.1 Å². The minimum atomic E-state index is -0.238. The number of carbonyl (C=O) groups is 1. The zero-order valence-corrected chi connectivity index (χ0v) is 21.1. The fourth-order valence-electron chi connectivity index (χ4n) is 4.71. The molecule has 1 saturated carbocycles. The van der Waals surface area contributed by atoms with Gasteiger partial charge in [-0.05, 0) is 69.0 Å². The van der Waals surface area contributed by atoms with Crippen molar-refractivity contribution < 1.29 is 9.53 Å². The zero-order valence-electron chi connectivity index (χ0n) is 21.1. The smallest absolute Gasteiger partial charge is 0.319 e. The molecule has 0 bridgehead atoms. The van der Waals surface area contributed by atoms with Crippen LogP contribution in [-0.2, 0) is 6.54 Å².